The predicted molar refractivity (Wildman–Crippen MR) is 104 cm³/mol. The molecule has 144 valence electrons. The highest BCUT2D eigenvalue weighted by Crippen LogP contribution is 2.33. The van der Waals surface area contributed by atoms with E-state index in [0.717, 1.165) is 5.56 Å². The molecule has 2 aliphatic heterocycles. The summed E-state index contributed by atoms with van der Waals surface area (Å²) in [5, 5.41) is 5.69. The Morgan fingerprint density at radius 1 is 1.11 bits per heavy atom. The number of nitrogens with zero attached hydrogens (tertiary/aromatic N) is 3. The summed E-state index contributed by atoms with van der Waals surface area (Å²) in [4.78, 5) is 27.0. The van der Waals surface area contributed by atoms with Crippen LogP contribution in [0.2, 0.25) is 0 Å². The number of benzene rings is 2. The molecule has 2 heterocycles. The molecule has 0 unspecified atom stereocenters. The van der Waals surface area contributed by atoms with Gasteiger partial charge in [0.2, 0.25) is 12.7 Å². The summed E-state index contributed by atoms with van der Waals surface area (Å²) < 4.78 is 10.7. The zero-order chi connectivity index (χ0) is 19.5. The maximum atomic E-state index is 13.1. The molecule has 0 aliphatic carbocycles. The first-order chi connectivity index (χ1) is 13.7. The number of hydrazone groups is 1. The normalized spacial score (nSPS) is 15.4. The van der Waals surface area contributed by atoms with Crippen molar-refractivity contribution in [3.8, 4) is 11.5 Å². The van der Waals surface area contributed by atoms with E-state index in [1.165, 1.54) is 5.01 Å². The SMILES string of the molecule is CCN(Cc1ccc2c(c1)OCO2)C(=O)C1=NN(c2ccccc2)C(=O)CC1. The van der Waals surface area contributed by atoms with E-state index in [2.05, 4.69) is 5.10 Å². The first-order valence-electron chi connectivity index (χ1n) is 9.29. The van der Waals surface area contributed by atoms with Crippen molar-refractivity contribution in [3.05, 3.63) is 54.1 Å². The van der Waals surface area contributed by atoms with E-state index in [1.54, 1.807) is 17.0 Å². The van der Waals surface area contributed by atoms with Crippen LogP contribution in [0.25, 0.3) is 0 Å². The fraction of sp³-hybridized carbons (Fsp3) is 0.286. The average Bonchev–Trinajstić information content (AvgIpc) is 3.20. The van der Waals surface area contributed by atoms with Gasteiger partial charge in [-0.2, -0.15) is 5.10 Å². The average molecular weight is 379 g/mol. The fourth-order valence-electron chi connectivity index (χ4n) is 3.25. The highest BCUT2D eigenvalue weighted by atomic mass is 16.7. The van der Waals surface area contributed by atoms with Gasteiger partial charge in [0.05, 0.1) is 5.69 Å². The molecule has 2 aliphatic rings. The minimum Gasteiger partial charge on any atom is -0.454 e. The van der Waals surface area contributed by atoms with Crippen molar-refractivity contribution >= 4 is 23.2 Å². The van der Waals surface area contributed by atoms with Gasteiger partial charge in [-0.15, -0.1) is 0 Å². The minimum atomic E-state index is -0.159. The zero-order valence-corrected chi connectivity index (χ0v) is 15.6. The van der Waals surface area contributed by atoms with Crippen molar-refractivity contribution in [1.82, 2.24) is 4.90 Å². The van der Waals surface area contributed by atoms with E-state index in [4.69, 9.17) is 9.47 Å². The number of fused-ring (bicyclic) bond motifs is 1. The standard InChI is InChI=1S/C21H21N3O4/c1-2-23(13-15-8-10-18-19(12-15)28-14-27-18)21(26)17-9-11-20(25)24(22-17)16-6-4-3-5-7-16/h3-8,10,12H,2,9,11,13-14H2,1H3. The number of anilines is 1. The molecular weight excluding hydrogens is 358 g/mol. The minimum absolute atomic E-state index is 0.110. The third-order valence-corrected chi connectivity index (χ3v) is 4.76. The number of para-hydroxylation sites is 1. The monoisotopic (exact) mass is 379 g/mol. The summed E-state index contributed by atoms with van der Waals surface area (Å²) in [7, 11) is 0. The summed E-state index contributed by atoms with van der Waals surface area (Å²) in [6.45, 7) is 3.11. The number of ether oxygens (including phenoxy) is 2. The van der Waals surface area contributed by atoms with E-state index in [0.29, 0.717) is 42.4 Å². The van der Waals surface area contributed by atoms with Crippen molar-refractivity contribution in [3.63, 3.8) is 0 Å². The third-order valence-electron chi connectivity index (χ3n) is 4.76. The molecule has 2 aromatic carbocycles. The number of hydrogen-bond acceptors (Lipinski definition) is 5. The molecule has 0 radical (unpaired) electrons. The van der Waals surface area contributed by atoms with E-state index < -0.39 is 0 Å². The summed E-state index contributed by atoms with van der Waals surface area (Å²) in [5.41, 5.74) is 2.01. The lowest BCUT2D eigenvalue weighted by Gasteiger charge is -2.27. The predicted octanol–water partition coefficient (Wildman–Crippen LogP) is 2.95. The second-order valence-corrected chi connectivity index (χ2v) is 6.59. The van der Waals surface area contributed by atoms with Crippen LogP contribution in [-0.2, 0) is 16.1 Å². The van der Waals surface area contributed by atoms with Gasteiger partial charge in [0, 0.05) is 25.9 Å². The highest BCUT2D eigenvalue weighted by molar-refractivity contribution is 6.40. The second-order valence-electron chi connectivity index (χ2n) is 6.59. The molecule has 4 rings (SSSR count). The lowest BCUT2D eigenvalue weighted by molar-refractivity contribution is -0.124. The quantitative estimate of drug-likeness (QED) is 0.801. The Labute approximate surface area is 163 Å². The van der Waals surface area contributed by atoms with Gasteiger partial charge in [0.15, 0.2) is 11.5 Å². The molecule has 28 heavy (non-hydrogen) atoms. The number of rotatable bonds is 5. The van der Waals surface area contributed by atoms with Crippen LogP contribution in [0.3, 0.4) is 0 Å². The van der Waals surface area contributed by atoms with Gasteiger partial charge < -0.3 is 14.4 Å². The second kappa shape index (κ2) is 7.72. The van der Waals surface area contributed by atoms with Crippen molar-refractivity contribution < 1.29 is 19.1 Å². The van der Waals surface area contributed by atoms with Crippen LogP contribution in [0.1, 0.15) is 25.3 Å². The summed E-state index contributed by atoms with van der Waals surface area (Å²) in [6, 6.07) is 14.8. The molecule has 0 aromatic heterocycles. The van der Waals surface area contributed by atoms with Crippen LogP contribution < -0.4 is 14.5 Å². The first-order valence-corrected chi connectivity index (χ1v) is 9.29. The van der Waals surface area contributed by atoms with Crippen LogP contribution in [0.5, 0.6) is 11.5 Å². The van der Waals surface area contributed by atoms with E-state index in [9.17, 15) is 9.59 Å². The molecule has 0 spiro atoms. The van der Waals surface area contributed by atoms with E-state index in [1.807, 2.05) is 43.3 Å². The molecule has 7 nitrogen and oxygen atoms in total. The molecule has 0 saturated carbocycles. The lowest BCUT2D eigenvalue weighted by Crippen LogP contribution is -2.41. The molecule has 2 amide bonds. The maximum Gasteiger partial charge on any atom is 0.270 e. The Hall–Kier alpha value is -3.35. The Morgan fingerprint density at radius 2 is 1.89 bits per heavy atom. The third kappa shape index (κ3) is 3.55. The molecule has 0 saturated heterocycles. The van der Waals surface area contributed by atoms with Crippen molar-refractivity contribution in [2.24, 2.45) is 5.10 Å². The van der Waals surface area contributed by atoms with Gasteiger partial charge >= 0.3 is 0 Å². The number of hydrogen-bond donors (Lipinski definition) is 0. The summed E-state index contributed by atoms with van der Waals surface area (Å²) in [5.74, 6) is 1.14. The Balaban J connectivity index is 1.53. The molecule has 0 fully saturated rings. The van der Waals surface area contributed by atoms with Crippen LogP contribution in [0.15, 0.2) is 53.6 Å². The van der Waals surface area contributed by atoms with Crippen molar-refractivity contribution in [2.45, 2.75) is 26.3 Å². The lowest BCUT2D eigenvalue weighted by atomic mass is 10.1. The van der Waals surface area contributed by atoms with Crippen LogP contribution in [0.4, 0.5) is 5.69 Å². The van der Waals surface area contributed by atoms with Gasteiger partial charge in [-0.1, -0.05) is 24.3 Å². The van der Waals surface area contributed by atoms with E-state index in [-0.39, 0.29) is 25.0 Å². The largest absolute Gasteiger partial charge is 0.454 e. The number of carbonyl (C=O) groups is 2. The van der Waals surface area contributed by atoms with Gasteiger partial charge in [-0.3, -0.25) is 9.59 Å². The van der Waals surface area contributed by atoms with Gasteiger partial charge in [-0.25, -0.2) is 5.01 Å². The molecule has 0 bridgehead atoms. The number of carbonyl (C=O) groups excluding carboxylic acids is 2. The summed E-state index contributed by atoms with van der Waals surface area (Å²) in [6.07, 6.45) is 0.611. The molecule has 2 aromatic rings. The van der Waals surface area contributed by atoms with Crippen LogP contribution in [0, 0.1) is 0 Å². The Kier molecular flexibility index (Phi) is 4.97. The first kappa shape index (κ1) is 18.0. The van der Waals surface area contributed by atoms with E-state index >= 15 is 0 Å². The van der Waals surface area contributed by atoms with Crippen LogP contribution in [-0.4, -0.2) is 35.8 Å². The maximum absolute atomic E-state index is 13.1. The Morgan fingerprint density at radius 3 is 2.68 bits per heavy atom. The fourth-order valence-corrected chi connectivity index (χ4v) is 3.25. The topological polar surface area (TPSA) is 71.4 Å². The smallest absolute Gasteiger partial charge is 0.270 e. The Bertz CT molecular complexity index is 927. The van der Waals surface area contributed by atoms with Crippen molar-refractivity contribution in [2.75, 3.05) is 18.3 Å². The number of amides is 2. The van der Waals surface area contributed by atoms with Gasteiger partial charge in [0.25, 0.3) is 5.91 Å². The zero-order valence-electron chi connectivity index (χ0n) is 15.6. The highest BCUT2D eigenvalue weighted by Gasteiger charge is 2.28. The van der Waals surface area contributed by atoms with Gasteiger partial charge in [0.1, 0.15) is 5.71 Å². The summed E-state index contributed by atoms with van der Waals surface area (Å²) >= 11 is 0. The molecule has 7 heteroatoms. The van der Waals surface area contributed by atoms with Crippen molar-refractivity contribution in [1.29, 1.82) is 0 Å². The van der Waals surface area contributed by atoms with Gasteiger partial charge in [-0.05, 0) is 36.8 Å². The molecule has 0 atom stereocenters. The molecule has 0 N–H and O–H groups in total. The van der Waals surface area contributed by atoms with Crippen LogP contribution >= 0.6 is 0 Å². The molecular formula is C21H21N3O4.